The number of carbonyl (C=O) groups excluding carboxylic acids is 1. The molecule has 0 saturated heterocycles. The summed E-state index contributed by atoms with van der Waals surface area (Å²) in [6.07, 6.45) is 3.19. The molecule has 0 radical (unpaired) electrons. The Kier molecular flexibility index (Phi) is 2.53. The van der Waals surface area contributed by atoms with Crippen molar-refractivity contribution in [2.75, 3.05) is 11.4 Å². The van der Waals surface area contributed by atoms with Gasteiger partial charge in [-0.25, -0.2) is 0 Å². The quantitative estimate of drug-likeness (QED) is 0.653. The summed E-state index contributed by atoms with van der Waals surface area (Å²) in [7, 11) is 0. The fourth-order valence-corrected chi connectivity index (χ4v) is 2.09. The average molecular weight is 189 g/mol. The number of rotatable bonds is 2. The number of anilines is 1. The number of benzene rings is 1. The Balaban J connectivity index is 2.35. The second kappa shape index (κ2) is 3.82. The summed E-state index contributed by atoms with van der Waals surface area (Å²) in [6.45, 7) is 3.05. The molecule has 2 heteroatoms. The summed E-state index contributed by atoms with van der Waals surface area (Å²) in [6, 6.07) is 8.17. The number of carbonyl (C=O) groups is 1. The molecule has 1 unspecified atom stereocenters. The van der Waals surface area contributed by atoms with Crippen molar-refractivity contribution in [3.8, 4) is 0 Å². The normalized spacial score (nSPS) is 20.4. The van der Waals surface area contributed by atoms with Crippen LogP contribution >= 0.6 is 0 Å². The maximum atomic E-state index is 10.9. The highest BCUT2D eigenvalue weighted by molar-refractivity contribution is 5.78. The molecule has 1 aromatic carbocycles. The van der Waals surface area contributed by atoms with E-state index >= 15 is 0 Å². The van der Waals surface area contributed by atoms with E-state index in [0.717, 1.165) is 31.5 Å². The molecule has 14 heavy (non-hydrogen) atoms. The van der Waals surface area contributed by atoms with Crippen molar-refractivity contribution in [1.29, 1.82) is 0 Å². The fourth-order valence-electron chi connectivity index (χ4n) is 2.09. The van der Waals surface area contributed by atoms with E-state index in [4.69, 9.17) is 0 Å². The topological polar surface area (TPSA) is 20.3 Å². The van der Waals surface area contributed by atoms with Crippen LogP contribution in [0.1, 0.15) is 18.9 Å². The summed E-state index contributed by atoms with van der Waals surface area (Å²) in [5, 5.41) is 0. The lowest BCUT2D eigenvalue weighted by Gasteiger charge is -2.31. The zero-order chi connectivity index (χ0) is 9.97. The predicted molar refractivity (Wildman–Crippen MR) is 57.3 cm³/mol. The van der Waals surface area contributed by atoms with Crippen LogP contribution in [0.15, 0.2) is 24.3 Å². The van der Waals surface area contributed by atoms with Crippen LogP contribution in [0, 0.1) is 5.92 Å². The van der Waals surface area contributed by atoms with Crippen LogP contribution in [-0.4, -0.2) is 13.0 Å². The summed E-state index contributed by atoms with van der Waals surface area (Å²) >= 11 is 0. The van der Waals surface area contributed by atoms with Crippen molar-refractivity contribution in [2.45, 2.75) is 19.8 Å². The van der Waals surface area contributed by atoms with Crippen molar-refractivity contribution in [3.63, 3.8) is 0 Å². The zero-order valence-corrected chi connectivity index (χ0v) is 8.44. The van der Waals surface area contributed by atoms with Gasteiger partial charge in [0.2, 0.25) is 6.41 Å². The minimum atomic E-state index is 0.620. The lowest BCUT2D eigenvalue weighted by molar-refractivity contribution is -0.107. The minimum absolute atomic E-state index is 0.620. The van der Waals surface area contributed by atoms with Crippen LogP contribution in [0.5, 0.6) is 0 Å². The molecular weight excluding hydrogens is 174 g/mol. The van der Waals surface area contributed by atoms with Gasteiger partial charge < -0.3 is 4.90 Å². The van der Waals surface area contributed by atoms with Crippen LogP contribution < -0.4 is 4.90 Å². The molecule has 0 bridgehead atoms. The molecular formula is C12H15NO. The van der Waals surface area contributed by atoms with Crippen molar-refractivity contribution in [2.24, 2.45) is 5.92 Å². The smallest absolute Gasteiger partial charge is 0.214 e. The molecule has 0 aliphatic carbocycles. The van der Waals surface area contributed by atoms with E-state index in [1.807, 2.05) is 23.1 Å². The number of hydrogen-bond donors (Lipinski definition) is 0. The second-order valence-corrected chi connectivity index (χ2v) is 3.86. The van der Waals surface area contributed by atoms with Gasteiger partial charge in [-0.05, 0) is 24.0 Å². The maximum absolute atomic E-state index is 10.9. The first-order valence-electron chi connectivity index (χ1n) is 5.15. The summed E-state index contributed by atoms with van der Waals surface area (Å²) in [5.74, 6) is 0.620. The van der Waals surface area contributed by atoms with Gasteiger partial charge in [0.15, 0.2) is 0 Å². The van der Waals surface area contributed by atoms with E-state index < -0.39 is 0 Å². The lowest BCUT2D eigenvalue weighted by Crippen LogP contribution is -2.33. The lowest BCUT2D eigenvalue weighted by atomic mass is 9.91. The highest BCUT2D eigenvalue weighted by Crippen LogP contribution is 2.29. The van der Waals surface area contributed by atoms with E-state index in [1.54, 1.807) is 0 Å². The molecule has 0 N–H and O–H groups in total. The summed E-state index contributed by atoms with van der Waals surface area (Å²) in [4.78, 5) is 12.7. The third-order valence-electron chi connectivity index (χ3n) is 2.97. The Morgan fingerprint density at radius 3 is 3.00 bits per heavy atom. The first-order valence-corrected chi connectivity index (χ1v) is 5.15. The van der Waals surface area contributed by atoms with Gasteiger partial charge in [-0.15, -0.1) is 0 Å². The monoisotopic (exact) mass is 189 g/mol. The highest BCUT2D eigenvalue weighted by Gasteiger charge is 2.22. The number of nitrogens with zero attached hydrogens (tertiary/aromatic N) is 1. The Morgan fingerprint density at radius 2 is 2.29 bits per heavy atom. The minimum Gasteiger partial charge on any atom is -0.314 e. The summed E-state index contributed by atoms with van der Waals surface area (Å²) in [5.41, 5.74) is 2.39. The molecule has 1 atom stereocenters. The van der Waals surface area contributed by atoms with Gasteiger partial charge in [0, 0.05) is 12.2 Å². The first-order chi connectivity index (χ1) is 6.85. The molecule has 2 nitrogen and oxygen atoms in total. The van der Waals surface area contributed by atoms with Crippen LogP contribution in [-0.2, 0) is 11.2 Å². The third-order valence-corrected chi connectivity index (χ3v) is 2.97. The van der Waals surface area contributed by atoms with Gasteiger partial charge in [0.05, 0.1) is 0 Å². The molecule has 1 aliphatic rings. The molecule has 1 heterocycles. The molecule has 0 aromatic heterocycles. The van der Waals surface area contributed by atoms with E-state index in [-0.39, 0.29) is 0 Å². The largest absolute Gasteiger partial charge is 0.314 e. The van der Waals surface area contributed by atoms with Gasteiger partial charge in [-0.2, -0.15) is 0 Å². The highest BCUT2D eigenvalue weighted by atomic mass is 16.1. The van der Waals surface area contributed by atoms with Crippen molar-refractivity contribution in [3.05, 3.63) is 29.8 Å². The average Bonchev–Trinajstić information content (AvgIpc) is 2.27. The number of para-hydroxylation sites is 1. The molecule has 2 rings (SSSR count). The van der Waals surface area contributed by atoms with E-state index in [2.05, 4.69) is 13.0 Å². The van der Waals surface area contributed by atoms with Crippen molar-refractivity contribution >= 4 is 12.1 Å². The van der Waals surface area contributed by atoms with Gasteiger partial charge in [0.25, 0.3) is 0 Å². The third kappa shape index (κ3) is 1.52. The number of hydrogen-bond acceptors (Lipinski definition) is 1. The molecule has 0 fully saturated rings. The summed E-state index contributed by atoms with van der Waals surface area (Å²) < 4.78 is 0. The van der Waals surface area contributed by atoms with E-state index in [1.165, 1.54) is 5.56 Å². The van der Waals surface area contributed by atoms with E-state index in [0.29, 0.717) is 5.92 Å². The first kappa shape index (κ1) is 9.25. The van der Waals surface area contributed by atoms with Gasteiger partial charge in [-0.1, -0.05) is 31.5 Å². The van der Waals surface area contributed by atoms with Crippen molar-refractivity contribution in [1.82, 2.24) is 0 Å². The molecule has 0 spiro atoms. The molecule has 1 aromatic rings. The van der Waals surface area contributed by atoms with Gasteiger partial charge in [-0.3, -0.25) is 4.79 Å². The predicted octanol–water partition coefficient (Wildman–Crippen LogP) is 2.23. The Labute approximate surface area is 84.5 Å². The van der Waals surface area contributed by atoms with Crippen LogP contribution in [0.4, 0.5) is 5.69 Å². The van der Waals surface area contributed by atoms with Gasteiger partial charge in [0.1, 0.15) is 0 Å². The molecule has 74 valence electrons. The van der Waals surface area contributed by atoms with E-state index in [9.17, 15) is 4.79 Å². The Morgan fingerprint density at radius 1 is 1.50 bits per heavy atom. The Bertz CT molecular complexity index is 335. The second-order valence-electron chi connectivity index (χ2n) is 3.86. The SMILES string of the molecule is CCC1Cc2ccccc2N(C=O)C1. The number of fused-ring (bicyclic) bond motifs is 1. The molecule has 0 saturated carbocycles. The zero-order valence-electron chi connectivity index (χ0n) is 8.44. The maximum Gasteiger partial charge on any atom is 0.214 e. The Hall–Kier alpha value is -1.31. The standard InChI is InChI=1S/C12H15NO/c1-2-10-7-11-5-3-4-6-12(11)13(8-10)9-14/h3-6,9-10H,2,7-8H2,1H3. The fraction of sp³-hybridized carbons (Fsp3) is 0.417. The molecule has 1 amide bonds. The van der Waals surface area contributed by atoms with Crippen molar-refractivity contribution < 1.29 is 4.79 Å². The van der Waals surface area contributed by atoms with Crippen LogP contribution in [0.2, 0.25) is 0 Å². The van der Waals surface area contributed by atoms with Crippen LogP contribution in [0.25, 0.3) is 0 Å². The molecule has 1 aliphatic heterocycles. The number of amides is 1. The van der Waals surface area contributed by atoms with Gasteiger partial charge >= 0.3 is 0 Å². The van der Waals surface area contributed by atoms with Crippen LogP contribution in [0.3, 0.4) is 0 Å².